The first-order valence-corrected chi connectivity index (χ1v) is 8.36. The minimum Gasteiger partial charge on any atom is -0.315 e. The number of nitrogens with one attached hydrogen (secondary N) is 2. The number of hydrogen-bond acceptors (Lipinski definition) is 4. The maximum Gasteiger partial charge on any atom is 0.305 e. The summed E-state index contributed by atoms with van der Waals surface area (Å²) in [4.78, 5) is 13.4. The van der Waals surface area contributed by atoms with E-state index in [1.54, 1.807) is 6.92 Å². The van der Waals surface area contributed by atoms with Gasteiger partial charge in [-0.1, -0.05) is 32.1 Å². The fraction of sp³-hybridized carbons (Fsp3) is 0.750. The van der Waals surface area contributed by atoms with Crippen molar-refractivity contribution in [2.45, 2.75) is 57.7 Å². The molecule has 110 valence electrons. The van der Waals surface area contributed by atoms with E-state index in [9.17, 15) is 13.2 Å². The summed E-state index contributed by atoms with van der Waals surface area (Å²) in [6, 6.07) is 0. The van der Waals surface area contributed by atoms with Crippen molar-refractivity contribution in [3.63, 3.8) is 0 Å². The fourth-order valence-corrected chi connectivity index (χ4v) is 5.13. The van der Waals surface area contributed by atoms with Crippen LogP contribution in [0.15, 0.2) is 9.00 Å². The predicted molar refractivity (Wildman–Crippen MR) is 78.1 cm³/mol. The molecule has 0 spiro atoms. The Balaban J connectivity index is 3.04. The zero-order chi connectivity index (χ0) is 15.1. The highest BCUT2D eigenvalue weighted by atomic mass is 32.2. The molecule has 0 aliphatic rings. The molecule has 0 unspecified atom stereocenters. The molecule has 5 nitrogen and oxygen atoms in total. The summed E-state index contributed by atoms with van der Waals surface area (Å²) in [5, 5.41) is 0. The van der Waals surface area contributed by atoms with E-state index in [0.717, 1.165) is 11.3 Å². The molecule has 7 heteroatoms. The summed E-state index contributed by atoms with van der Waals surface area (Å²) in [5.74, 6) is 0. The topological polar surface area (TPSA) is 79.0 Å². The van der Waals surface area contributed by atoms with Gasteiger partial charge in [-0.25, -0.2) is 13.1 Å². The van der Waals surface area contributed by atoms with Crippen molar-refractivity contribution in [3.8, 4) is 0 Å². The molecule has 0 aliphatic carbocycles. The van der Waals surface area contributed by atoms with Gasteiger partial charge < -0.3 is 4.98 Å². The van der Waals surface area contributed by atoms with Crippen LogP contribution in [0.1, 0.15) is 46.7 Å². The predicted octanol–water partition coefficient (Wildman–Crippen LogP) is 2.24. The van der Waals surface area contributed by atoms with Gasteiger partial charge in [-0.3, -0.25) is 4.79 Å². The van der Waals surface area contributed by atoms with Gasteiger partial charge in [0.25, 0.3) is 10.0 Å². The van der Waals surface area contributed by atoms with Crippen molar-refractivity contribution in [2.24, 2.45) is 5.41 Å². The van der Waals surface area contributed by atoms with Crippen molar-refractivity contribution >= 4 is 21.4 Å². The van der Waals surface area contributed by atoms with E-state index in [0.29, 0.717) is 12.1 Å². The van der Waals surface area contributed by atoms with E-state index in [2.05, 4.69) is 30.5 Å². The molecular weight excluding hydrogens is 284 g/mol. The van der Waals surface area contributed by atoms with Crippen LogP contribution >= 0.6 is 11.3 Å². The number of aromatic nitrogens is 1. The van der Waals surface area contributed by atoms with Crippen molar-refractivity contribution in [1.29, 1.82) is 0 Å². The Morgan fingerprint density at radius 3 is 2.11 bits per heavy atom. The summed E-state index contributed by atoms with van der Waals surface area (Å²) >= 11 is 0.718. The van der Waals surface area contributed by atoms with E-state index in [4.69, 9.17) is 0 Å². The lowest BCUT2D eigenvalue weighted by molar-refractivity contribution is 0.269. The monoisotopic (exact) mass is 306 g/mol. The number of H-pyrrole nitrogens is 1. The molecule has 0 saturated carbocycles. The van der Waals surface area contributed by atoms with Crippen molar-refractivity contribution in [1.82, 2.24) is 9.71 Å². The van der Waals surface area contributed by atoms with Crippen LogP contribution in [-0.2, 0) is 10.0 Å². The molecule has 0 fully saturated rings. The second-order valence-corrected chi connectivity index (χ2v) is 9.51. The largest absolute Gasteiger partial charge is 0.315 e. The van der Waals surface area contributed by atoms with E-state index in [1.165, 1.54) is 0 Å². The minimum atomic E-state index is -3.66. The second kappa shape index (κ2) is 5.03. The molecule has 0 aromatic carbocycles. The SMILES string of the molecule is Cc1[nH]c(=O)sc1S(=O)(=O)NC(C)(C)CC(C)(C)C. The molecule has 1 heterocycles. The Morgan fingerprint density at radius 2 is 1.74 bits per heavy atom. The lowest BCUT2D eigenvalue weighted by Crippen LogP contribution is -2.45. The maximum absolute atomic E-state index is 12.3. The standard InChI is InChI=1S/C12H22N2O3S2/c1-8-9(18-10(15)13-8)19(16,17)14-12(5,6)7-11(2,3)4/h14H,7H2,1-6H3,(H,13,15). The first kappa shape index (κ1) is 16.4. The third-order valence-electron chi connectivity index (χ3n) is 2.41. The molecule has 0 saturated heterocycles. The van der Waals surface area contributed by atoms with Crippen LogP contribution in [0.25, 0.3) is 0 Å². The van der Waals surface area contributed by atoms with Gasteiger partial charge in [0.05, 0.1) is 0 Å². The van der Waals surface area contributed by atoms with Crippen LogP contribution in [0, 0.1) is 12.3 Å². The first-order chi connectivity index (χ1) is 8.32. The van der Waals surface area contributed by atoms with Gasteiger partial charge in [-0.2, -0.15) is 0 Å². The lowest BCUT2D eigenvalue weighted by atomic mass is 9.82. The summed E-state index contributed by atoms with van der Waals surface area (Å²) in [6.07, 6.45) is 0.692. The van der Waals surface area contributed by atoms with Crippen LogP contribution in [0.3, 0.4) is 0 Å². The Hall–Kier alpha value is -0.660. The summed E-state index contributed by atoms with van der Waals surface area (Å²) in [6.45, 7) is 11.5. The normalized spacial score (nSPS) is 13.8. The third-order valence-corrected chi connectivity index (χ3v) is 5.71. The number of hydrogen-bond donors (Lipinski definition) is 2. The molecule has 1 aromatic heterocycles. The van der Waals surface area contributed by atoms with E-state index >= 15 is 0 Å². The molecule has 0 bridgehead atoms. The van der Waals surface area contributed by atoms with Gasteiger partial charge in [0, 0.05) is 11.2 Å². The van der Waals surface area contributed by atoms with Gasteiger partial charge in [0.1, 0.15) is 0 Å². The Bertz CT molecular complexity index is 604. The molecule has 1 aromatic rings. The molecule has 0 radical (unpaired) electrons. The van der Waals surface area contributed by atoms with Gasteiger partial charge in [-0.05, 0) is 32.6 Å². The van der Waals surface area contributed by atoms with Gasteiger partial charge in [0.15, 0.2) is 4.21 Å². The van der Waals surface area contributed by atoms with E-state index in [-0.39, 0.29) is 14.5 Å². The van der Waals surface area contributed by atoms with Crippen molar-refractivity contribution in [2.75, 3.05) is 0 Å². The number of aryl methyl sites for hydroxylation is 1. The Morgan fingerprint density at radius 1 is 1.21 bits per heavy atom. The fourth-order valence-electron chi connectivity index (χ4n) is 2.42. The average molecular weight is 306 g/mol. The molecule has 19 heavy (non-hydrogen) atoms. The van der Waals surface area contributed by atoms with Crippen molar-refractivity contribution in [3.05, 3.63) is 15.4 Å². The van der Waals surface area contributed by atoms with Crippen LogP contribution in [0.4, 0.5) is 0 Å². The maximum atomic E-state index is 12.3. The Kier molecular flexibility index (Phi) is 4.34. The zero-order valence-corrected chi connectivity index (χ0v) is 13.9. The highest BCUT2D eigenvalue weighted by Gasteiger charge is 2.32. The first-order valence-electron chi connectivity index (χ1n) is 6.06. The van der Waals surface area contributed by atoms with Crippen LogP contribution in [0.5, 0.6) is 0 Å². The van der Waals surface area contributed by atoms with Crippen molar-refractivity contribution < 1.29 is 8.42 Å². The molecular formula is C12H22N2O3S2. The molecule has 0 amide bonds. The number of aromatic amines is 1. The third kappa shape index (κ3) is 4.74. The van der Waals surface area contributed by atoms with Crippen LogP contribution < -0.4 is 9.60 Å². The number of sulfonamides is 1. The summed E-state index contributed by atoms with van der Waals surface area (Å²) < 4.78 is 27.4. The second-order valence-electron chi connectivity index (χ2n) is 6.65. The number of thiazole rings is 1. The summed E-state index contributed by atoms with van der Waals surface area (Å²) in [7, 11) is -3.66. The molecule has 1 rings (SSSR count). The highest BCUT2D eigenvalue weighted by molar-refractivity contribution is 7.91. The highest BCUT2D eigenvalue weighted by Crippen LogP contribution is 2.28. The van der Waals surface area contributed by atoms with Gasteiger partial charge >= 0.3 is 4.87 Å². The van der Waals surface area contributed by atoms with Crippen LogP contribution in [-0.4, -0.2) is 18.9 Å². The quantitative estimate of drug-likeness (QED) is 0.895. The molecule has 0 atom stereocenters. The van der Waals surface area contributed by atoms with Gasteiger partial charge in [0.2, 0.25) is 0 Å². The molecule has 0 aliphatic heterocycles. The van der Waals surface area contributed by atoms with E-state index in [1.807, 2.05) is 13.8 Å². The molecule has 2 N–H and O–H groups in total. The smallest absolute Gasteiger partial charge is 0.305 e. The van der Waals surface area contributed by atoms with Crippen LogP contribution in [0.2, 0.25) is 0 Å². The minimum absolute atomic E-state index is 0.00628. The van der Waals surface area contributed by atoms with E-state index < -0.39 is 15.6 Å². The zero-order valence-electron chi connectivity index (χ0n) is 12.2. The lowest BCUT2D eigenvalue weighted by Gasteiger charge is -2.32. The average Bonchev–Trinajstić information content (AvgIpc) is 2.38. The summed E-state index contributed by atoms with van der Waals surface area (Å²) in [5.41, 5.74) is -0.183. The number of rotatable bonds is 4. The van der Waals surface area contributed by atoms with Gasteiger partial charge in [-0.15, -0.1) is 0 Å². The Labute approximate surface area is 118 Å².